The molecule has 3 atom stereocenters. The van der Waals surface area contributed by atoms with E-state index in [4.69, 9.17) is 14.0 Å². The van der Waals surface area contributed by atoms with E-state index in [1.54, 1.807) is 14.0 Å². The Labute approximate surface area is 285 Å². The van der Waals surface area contributed by atoms with Gasteiger partial charge in [0.15, 0.2) is 0 Å². The highest BCUT2D eigenvalue weighted by atomic mass is 32.2. The normalized spacial score (nSPS) is 12.2. The Balaban J connectivity index is -0.000000255. The van der Waals surface area contributed by atoms with E-state index >= 15 is 0 Å². The SMILES string of the molecule is C.C.C.C.COC(CCc1ccccc1)C(CC(=O)NC(C)(C)CS(=O)(=O)O)C(C)=O.COC(CCc1ccccc1)CC(C)=O.F. The predicted molar refractivity (Wildman–Crippen MR) is 193 cm³/mol. The first-order valence-electron chi connectivity index (χ1n) is 14.0. The molecule has 0 saturated carbocycles. The highest BCUT2D eigenvalue weighted by molar-refractivity contribution is 7.85. The van der Waals surface area contributed by atoms with E-state index in [2.05, 4.69) is 17.4 Å². The van der Waals surface area contributed by atoms with E-state index in [0.29, 0.717) is 19.3 Å². The van der Waals surface area contributed by atoms with Gasteiger partial charge in [0.1, 0.15) is 11.6 Å². The lowest BCUT2D eigenvalue weighted by atomic mass is 9.89. The zero-order chi connectivity index (χ0) is 31.8. The van der Waals surface area contributed by atoms with Gasteiger partial charge in [-0.3, -0.25) is 23.6 Å². The molecule has 11 heteroatoms. The van der Waals surface area contributed by atoms with Gasteiger partial charge in [0, 0.05) is 27.1 Å². The molecule has 0 aliphatic rings. The van der Waals surface area contributed by atoms with E-state index in [1.165, 1.54) is 33.4 Å². The van der Waals surface area contributed by atoms with Gasteiger partial charge in [-0.1, -0.05) is 90.4 Å². The van der Waals surface area contributed by atoms with Crippen molar-refractivity contribution in [2.24, 2.45) is 5.92 Å². The molecule has 9 nitrogen and oxygen atoms in total. The van der Waals surface area contributed by atoms with Crippen LogP contribution in [0.3, 0.4) is 0 Å². The van der Waals surface area contributed by atoms with Crippen molar-refractivity contribution in [3.05, 3.63) is 71.8 Å². The molecular weight excluding hydrogens is 625 g/mol. The number of halogens is 1. The van der Waals surface area contributed by atoms with E-state index in [9.17, 15) is 22.8 Å². The number of aryl methyl sites for hydroxylation is 2. The minimum atomic E-state index is -4.24. The number of nitrogens with one attached hydrogen (secondary N) is 1. The van der Waals surface area contributed by atoms with Crippen molar-refractivity contribution in [2.45, 2.75) is 114 Å². The molecule has 274 valence electrons. The van der Waals surface area contributed by atoms with Gasteiger partial charge in [-0.2, -0.15) is 8.42 Å². The topological polar surface area (TPSA) is 136 Å². The van der Waals surface area contributed by atoms with Crippen LogP contribution >= 0.6 is 0 Å². The van der Waals surface area contributed by atoms with Crippen molar-refractivity contribution in [3.63, 3.8) is 0 Å². The maximum Gasteiger partial charge on any atom is 0.267 e. The van der Waals surface area contributed by atoms with E-state index in [1.807, 2.05) is 48.5 Å². The summed E-state index contributed by atoms with van der Waals surface area (Å²) in [5, 5.41) is 2.57. The van der Waals surface area contributed by atoms with Gasteiger partial charge in [0.2, 0.25) is 5.91 Å². The number of carbonyl (C=O) groups is 3. The molecule has 3 unspecified atom stereocenters. The number of benzene rings is 2. The molecule has 0 heterocycles. The molecule has 0 saturated heterocycles. The number of hydrogen-bond acceptors (Lipinski definition) is 7. The lowest BCUT2D eigenvalue weighted by molar-refractivity contribution is -0.133. The van der Waals surface area contributed by atoms with Crippen molar-refractivity contribution in [2.75, 3.05) is 20.0 Å². The van der Waals surface area contributed by atoms with Crippen LogP contribution in [-0.4, -0.2) is 68.2 Å². The highest BCUT2D eigenvalue weighted by Gasteiger charge is 2.31. The summed E-state index contributed by atoms with van der Waals surface area (Å²) in [7, 11) is -1.07. The fourth-order valence-electron chi connectivity index (χ4n) is 4.69. The Morgan fingerprint density at radius 1 is 0.787 bits per heavy atom. The number of hydrogen-bond donors (Lipinski definition) is 2. The largest absolute Gasteiger partial charge is 0.381 e. The Hall–Kier alpha value is -2.99. The quantitative estimate of drug-likeness (QED) is 0.165. The number of ketones is 2. The minimum Gasteiger partial charge on any atom is -0.381 e. The van der Waals surface area contributed by atoms with Crippen molar-refractivity contribution < 1.29 is 41.5 Å². The Morgan fingerprint density at radius 2 is 1.23 bits per heavy atom. The molecular formula is C36H64FNO8S. The molecule has 0 bridgehead atoms. The van der Waals surface area contributed by atoms with Crippen LogP contribution in [0, 0.1) is 5.92 Å². The number of rotatable bonds is 17. The second kappa shape index (κ2) is 27.0. The van der Waals surface area contributed by atoms with Crippen LogP contribution in [0.4, 0.5) is 4.70 Å². The standard InChI is InChI=1S/C19H29NO6S.C13H18O2.4CH4.FH/c1-14(21)16(12-18(22)20-19(2,3)13-27(23,24)25)17(26-4)11-10-15-8-6-5-7-9-15;1-11(14)10-13(15-2)9-8-12-6-4-3-5-7-12;;;;;/h5-9,16-17H,10-13H2,1-4H3,(H,20,22)(H,23,24,25);3-7,13H,8-10H2,1-2H3;4*1H4;1H. The third-order valence-corrected chi connectivity index (χ3v) is 7.79. The second-order valence-corrected chi connectivity index (χ2v) is 12.6. The maximum absolute atomic E-state index is 12.4. The summed E-state index contributed by atoms with van der Waals surface area (Å²) in [5.74, 6) is -1.70. The minimum absolute atomic E-state index is 0. The van der Waals surface area contributed by atoms with Crippen LogP contribution in [0.15, 0.2) is 60.7 Å². The molecule has 0 aromatic heterocycles. The maximum atomic E-state index is 12.4. The molecule has 2 rings (SSSR count). The molecule has 0 fully saturated rings. The summed E-state index contributed by atoms with van der Waals surface area (Å²) in [4.78, 5) is 35.4. The molecule has 0 radical (unpaired) electrons. The number of carbonyl (C=O) groups excluding carboxylic acids is 3. The highest BCUT2D eigenvalue weighted by Crippen LogP contribution is 2.20. The molecule has 1 amide bonds. The summed E-state index contributed by atoms with van der Waals surface area (Å²) < 4.78 is 41.8. The van der Waals surface area contributed by atoms with Crippen LogP contribution in [0.1, 0.15) is 94.2 Å². The van der Waals surface area contributed by atoms with Crippen LogP contribution in [0.2, 0.25) is 0 Å². The monoisotopic (exact) mass is 689 g/mol. The Bertz CT molecular complexity index is 1210. The number of ether oxygens (including phenoxy) is 2. The van der Waals surface area contributed by atoms with Gasteiger partial charge in [0.25, 0.3) is 10.1 Å². The Kier molecular flexibility index (Phi) is 30.7. The van der Waals surface area contributed by atoms with E-state index < -0.39 is 39.3 Å². The van der Waals surface area contributed by atoms with Gasteiger partial charge in [-0.25, -0.2) is 0 Å². The summed E-state index contributed by atoms with van der Waals surface area (Å²) in [5.41, 5.74) is 1.25. The average molecular weight is 690 g/mol. The number of methoxy groups -OCH3 is 2. The lowest BCUT2D eigenvalue weighted by Crippen LogP contribution is -2.49. The van der Waals surface area contributed by atoms with Gasteiger partial charge >= 0.3 is 0 Å². The average Bonchev–Trinajstić information content (AvgIpc) is 2.90. The smallest absolute Gasteiger partial charge is 0.267 e. The summed E-state index contributed by atoms with van der Waals surface area (Å²) >= 11 is 0. The first-order chi connectivity index (χ1) is 19.7. The lowest BCUT2D eigenvalue weighted by Gasteiger charge is -2.28. The molecule has 0 spiro atoms. The predicted octanol–water partition coefficient (Wildman–Crippen LogP) is 7.32. The van der Waals surface area contributed by atoms with Crippen molar-refractivity contribution in [1.82, 2.24) is 5.32 Å². The molecule has 2 N–H and O–H groups in total. The van der Waals surface area contributed by atoms with Gasteiger partial charge in [-0.15, -0.1) is 0 Å². The van der Waals surface area contributed by atoms with Crippen molar-refractivity contribution >= 4 is 27.6 Å². The third-order valence-electron chi connectivity index (χ3n) is 6.71. The van der Waals surface area contributed by atoms with Crippen LogP contribution in [0.25, 0.3) is 0 Å². The fourth-order valence-corrected chi connectivity index (χ4v) is 5.67. The first-order valence-corrected chi connectivity index (χ1v) is 15.7. The first kappa shape index (κ1) is 53.5. The number of amides is 1. The molecule has 47 heavy (non-hydrogen) atoms. The molecule has 0 aliphatic heterocycles. The van der Waals surface area contributed by atoms with Gasteiger partial charge < -0.3 is 14.8 Å². The zero-order valence-electron chi connectivity index (χ0n) is 26.1. The molecule has 2 aromatic carbocycles. The van der Waals surface area contributed by atoms with Gasteiger partial charge in [-0.05, 0) is 64.5 Å². The Morgan fingerprint density at radius 3 is 1.60 bits per heavy atom. The fraction of sp³-hybridized carbons (Fsp3) is 0.583. The van der Waals surface area contributed by atoms with E-state index in [0.717, 1.165) is 18.4 Å². The second-order valence-electron chi connectivity index (χ2n) is 11.2. The van der Waals surface area contributed by atoms with Crippen molar-refractivity contribution in [3.8, 4) is 0 Å². The summed E-state index contributed by atoms with van der Waals surface area (Å²) in [6.07, 6.45) is 3.18. The van der Waals surface area contributed by atoms with Crippen LogP contribution in [0.5, 0.6) is 0 Å². The van der Waals surface area contributed by atoms with E-state index in [-0.39, 0.29) is 58.5 Å². The molecule has 0 aliphatic carbocycles. The van der Waals surface area contributed by atoms with Crippen LogP contribution < -0.4 is 5.32 Å². The zero-order valence-corrected chi connectivity index (χ0v) is 26.9. The summed E-state index contributed by atoms with van der Waals surface area (Å²) in [6.45, 7) is 6.00. The van der Waals surface area contributed by atoms with Gasteiger partial charge in [0.05, 0.1) is 29.4 Å². The van der Waals surface area contributed by atoms with Crippen molar-refractivity contribution in [1.29, 1.82) is 0 Å². The molecule has 2 aromatic rings. The summed E-state index contributed by atoms with van der Waals surface area (Å²) in [6, 6.07) is 20.0. The number of Topliss-reactive ketones (excluding diaryl/α,β-unsaturated/α-hetero) is 2. The third kappa shape index (κ3) is 24.8. The van der Waals surface area contributed by atoms with Crippen LogP contribution in [-0.2, 0) is 46.8 Å².